The Kier molecular flexibility index (Phi) is 5.19. The number of nitrogens with zero attached hydrogens (tertiary/aromatic N) is 1. The summed E-state index contributed by atoms with van der Waals surface area (Å²) in [6, 6.07) is 9.47. The van der Waals surface area contributed by atoms with Gasteiger partial charge in [0.15, 0.2) is 0 Å². The minimum atomic E-state index is -0.167. The van der Waals surface area contributed by atoms with Crippen LogP contribution in [0, 0.1) is 0 Å². The summed E-state index contributed by atoms with van der Waals surface area (Å²) in [5.41, 5.74) is 3.69. The van der Waals surface area contributed by atoms with Gasteiger partial charge in [-0.2, -0.15) is 0 Å². The van der Waals surface area contributed by atoms with E-state index in [-0.39, 0.29) is 5.91 Å². The fourth-order valence-corrected chi connectivity index (χ4v) is 2.50. The maximum Gasteiger partial charge on any atom is 0.257 e. The van der Waals surface area contributed by atoms with Gasteiger partial charge in [0.2, 0.25) is 0 Å². The summed E-state index contributed by atoms with van der Waals surface area (Å²) in [6.45, 7) is 8.50. The van der Waals surface area contributed by atoms with Gasteiger partial charge in [-0.15, -0.1) is 0 Å². The molecule has 0 fully saturated rings. The van der Waals surface area contributed by atoms with Crippen molar-refractivity contribution in [3.8, 4) is 0 Å². The summed E-state index contributed by atoms with van der Waals surface area (Å²) in [7, 11) is 0. The number of carbonyl (C=O) groups excluding carboxylic acids is 1. The number of carbonyl (C=O) groups is 1. The second-order valence-corrected chi connectivity index (χ2v) is 6.33. The molecule has 0 aliphatic rings. The summed E-state index contributed by atoms with van der Waals surface area (Å²) in [5, 5.41) is 3.43. The van der Waals surface area contributed by atoms with Crippen LogP contribution in [0.5, 0.6) is 0 Å². The molecule has 1 amide bonds. The van der Waals surface area contributed by atoms with Crippen molar-refractivity contribution in [2.75, 3.05) is 5.32 Å². The van der Waals surface area contributed by atoms with Crippen molar-refractivity contribution in [2.45, 2.75) is 39.5 Å². The number of anilines is 1. The van der Waals surface area contributed by atoms with Crippen molar-refractivity contribution in [1.82, 2.24) is 4.98 Å². The Balaban J connectivity index is 2.39. The quantitative estimate of drug-likeness (QED) is 0.784. The van der Waals surface area contributed by atoms with Gasteiger partial charge in [0.05, 0.1) is 5.56 Å². The molecule has 1 N–H and O–H groups in total. The highest BCUT2D eigenvalue weighted by Crippen LogP contribution is 2.32. The average molecular weight is 317 g/mol. The minimum absolute atomic E-state index is 0.167. The van der Waals surface area contributed by atoms with E-state index < -0.39 is 0 Å². The zero-order valence-electron chi connectivity index (χ0n) is 13.4. The number of benzene rings is 1. The topological polar surface area (TPSA) is 42.0 Å². The van der Waals surface area contributed by atoms with Gasteiger partial charge in [-0.25, -0.2) is 4.98 Å². The molecule has 0 radical (unpaired) electrons. The van der Waals surface area contributed by atoms with E-state index in [2.05, 4.69) is 50.1 Å². The number of halogens is 1. The highest BCUT2D eigenvalue weighted by atomic mass is 35.5. The monoisotopic (exact) mass is 316 g/mol. The normalized spacial score (nSPS) is 11.0. The second-order valence-electron chi connectivity index (χ2n) is 5.94. The van der Waals surface area contributed by atoms with E-state index in [1.54, 1.807) is 12.1 Å². The fraction of sp³-hybridized carbons (Fsp3) is 0.333. The van der Waals surface area contributed by atoms with Crippen LogP contribution in [0.25, 0.3) is 0 Å². The van der Waals surface area contributed by atoms with E-state index in [4.69, 9.17) is 11.6 Å². The van der Waals surface area contributed by atoms with Crippen LogP contribution < -0.4 is 5.32 Å². The van der Waals surface area contributed by atoms with Crippen molar-refractivity contribution < 1.29 is 4.79 Å². The third kappa shape index (κ3) is 3.66. The molecule has 4 heteroatoms. The molecular formula is C18H21ClN2O. The van der Waals surface area contributed by atoms with Gasteiger partial charge in [0.1, 0.15) is 5.15 Å². The van der Waals surface area contributed by atoms with E-state index in [0.717, 1.165) is 16.8 Å². The van der Waals surface area contributed by atoms with Crippen molar-refractivity contribution in [2.24, 2.45) is 0 Å². The van der Waals surface area contributed by atoms with Crippen LogP contribution in [0.3, 0.4) is 0 Å². The van der Waals surface area contributed by atoms with Crippen molar-refractivity contribution in [1.29, 1.82) is 0 Å². The number of amides is 1. The molecule has 1 aromatic heterocycles. The molecule has 0 saturated heterocycles. The van der Waals surface area contributed by atoms with E-state index in [1.807, 2.05) is 6.07 Å². The predicted molar refractivity (Wildman–Crippen MR) is 91.8 cm³/mol. The van der Waals surface area contributed by atoms with Crippen LogP contribution in [-0.2, 0) is 0 Å². The molecule has 0 aliphatic carbocycles. The Morgan fingerprint density at radius 1 is 1.05 bits per heavy atom. The Morgan fingerprint density at radius 2 is 1.64 bits per heavy atom. The average Bonchev–Trinajstić information content (AvgIpc) is 2.47. The van der Waals surface area contributed by atoms with Crippen LogP contribution in [0.2, 0.25) is 5.15 Å². The molecule has 0 spiro atoms. The summed E-state index contributed by atoms with van der Waals surface area (Å²) in [5.74, 6) is 0.494. The van der Waals surface area contributed by atoms with E-state index in [1.165, 1.54) is 6.20 Å². The highest BCUT2D eigenvalue weighted by Gasteiger charge is 2.16. The van der Waals surface area contributed by atoms with Gasteiger partial charge in [0, 0.05) is 11.9 Å². The lowest BCUT2D eigenvalue weighted by Crippen LogP contribution is -2.16. The second kappa shape index (κ2) is 6.93. The number of aromatic nitrogens is 1. The van der Waals surface area contributed by atoms with Crippen LogP contribution in [0.1, 0.15) is 61.0 Å². The molecule has 2 aromatic rings. The summed E-state index contributed by atoms with van der Waals surface area (Å²) in [4.78, 5) is 16.4. The van der Waals surface area contributed by atoms with Crippen molar-refractivity contribution in [3.63, 3.8) is 0 Å². The first-order chi connectivity index (χ1) is 10.4. The lowest BCUT2D eigenvalue weighted by atomic mass is 9.92. The largest absolute Gasteiger partial charge is 0.321 e. The zero-order chi connectivity index (χ0) is 16.3. The first-order valence-electron chi connectivity index (χ1n) is 7.46. The molecule has 1 heterocycles. The van der Waals surface area contributed by atoms with Gasteiger partial charge < -0.3 is 5.32 Å². The molecular weight excluding hydrogens is 296 g/mol. The predicted octanol–water partition coefficient (Wildman–Crippen LogP) is 5.23. The Bertz CT molecular complexity index is 637. The summed E-state index contributed by atoms with van der Waals surface area (Å²) < 4.78 is 0. The smallest absolute Gasteiger partial charge is 0.257 e. The maximum absolute atomic E-state index is 12.5. The van der Waals surface area contributed by atoms with E-state index >= 15 is 0 Å². The molecule has 116 valence electrons. The molecule has 0 saturated carbocycles. The first-order valence-corrected chi connectivity index (χ1v) is 7.83. The summed E-state index contributed by atoms with van der Waals surface area (Å²) >= 11 is 5.77. The number of hydrogen-bond acceptors (Lipinski definition) is 2. The summed E-state index contributed by atoms with van der Waals surface area (Å²) in [6.07, 6.45) is 1.49. The maximum atomic E-state index is 12.5. The number of nitrogens with one attached hydrogen (secondary N) is 1. The van der Waals surface area contributed by atoms with Crippen LogP contribution in [0.4, 0.5) is 5.69 Å². The number of hydrogen-bond donors (Lipinski definition) is 1. The van der Waals surface area contributed by atoms with Gasteiger partial charge in [-0.05, 0) is 35.1 Å². The molecule has 2 rings (SSSR count). The number of pyridine rings is 1. The number of para-hydroxylation sites is 1. The molecule has 0 atom stereocenters. The van der Waals surface area contributed by atoms with Crippen LogP contribution >= 0.6 is 11.6 Å². The fourth-order valence-electron chi connectivity index (χ4n) is 2.39. The lowest BCUT2D eigenvalue weighted by Gasteiger charge is -2.20. The van der Waals surface area contributed by atoms with Crippen LogP contribution in [0.15, 0.2) is 36.5 Å². The molecule has 0 aliphatic heterocycles. The molecule has 1 aromatic carbocycles. The standard InChI is InChI=1S/C18H21ClN2O/c1-11(2)14-6-5-7-15(12(3)4)17(14)21-18(22)13-8-9-16(19)20-10-13/h5-12H,1-4H3,(H,21,22). The highest BCUT2D eigenvalue weighted by molar-refractivity contribution is 6.29. The van der Waals surface area contributed by atoms with Gasteiger partial charge in [-0.3, -0.25) is 4.79 Å². The minimum Gasteiger partial charge on any atom is -0.321 e. The van der Waals surface area contributed by atoms with Crippen molar-refractivity contribution in [3.05, 3.63) is 58.4 Å². The third-order valence-electron chi connectivity index (χ3n) is 3.60. The molecule has 22 heavy (non-hydrogen) atoms. The molecule has 0 bridgehead atoms. The van der Waals surface area contributed by atoms with Crippen LogP contribution in [-0.4, -0.2) is 10.9 Å². The Labute approximate surface area is 136 Å². The van der Waals surface area contributed by atoms with Gasteiger partial charge in [0.25, 0.3) is 5.91 Å². The van der Waals surface area contributed by atoms with E-state index in [0.29, 0.717) is 22.6 Å². The Hall–Kier alpha value is -1.87. The first kappa shape index (κ1) is 16.5. The lowest BCUT2D eigenvalue weighted by molar-refractivity contribution is 0.102. The van der Waals surface area contributed by atoms with E-state index in [9.17, 15) is 4.79 Å². The SMILES string of the molecule is CC(C)c1cccc(C(C)C)c1NC(=O)c1ccc(Cl)nc1. The third-order valence-corrected chi connectivity index (χ3v) is 3.82. The van der Waals surface area contributed by atoms with Gasteiger partial charge in [-0.1, -0.05) is 57.5 Å². The zero-order valence-corrected chi connectivity index (χ0v) is 14.1. The number of rotatable bonds is 4. The van der Waals surface area contributed by atoms with Crippen molar-refractivity contribution >= 4 is 23.2 Å². The van der Waals surface area contributed by atoms with Gasteiger partial charge >= 0.3 is 0 Å². The molecule has 3 nitrogen and oxygen atoms in total. The molecule has 0 unspecified atom stereocenters. The Morgan fingerprint density at radius 3 is 2.09 bits per heavy atom.